The third-order valence-electron chi connectivity index (χ3n) is 5.26. The Morgan fingerprint density at radius 1 is 1.41 bits per heavy atom. The van der Waals surface area contributed by atoms with Gasteiger partial charge in [0.1, 0.15) is 24.1 Å². The van der Waals surface area contributed by atoms with Gasteiger partial charge in [-0.15, -0.1) is 0 Å². The first-order valence-corrected chi connectivity index (χ1v) is 10.8. The van der Waals surface area contributed by atoms with Crippen molar-refractivity contribution in [3.05, 3.63) is 27.8 Å². The predicted molar refractivity (Wildman–Crippen MR) is 115 cm³/mol. The molecule has 1 amide bonds. The number of carbonyl (C=O) groups excluding carboxylic acids is 1. The van der Waals surface area contributed by atoms with Gasteiger partial charge < -0.3 is 50.4 Å². The van der Waals surface area contributed by atoms with Crippen molar-refractivity contribution in [3.8, 4) is 5.75 Å². The number of aromatic amines is 1. The number of ether oxygens (including phenoxy) is 2. The van der Waals surface area contributed by atoms with Crippen LogP contribution in [0.15, 0.2) is 22.8 Å². The maximum atomic E-state index is 11.6. The average molecular weight is 540 g/mol. The Labute approximate surface area is 195 Å². The Hall–Kier alpha value is -1.48. The number of nitrogens with one attached hydrogen (secondary N) is 2. The fourth-order valence-corrected chi connectivity index (χ4v) is 4.28. The van der Waals surface area contributed by atoms with Crippen molar-refractivity contribution in [2.45, 2.75) is 55.9 Å². The lowest BCUT2D eigenvalue weighted by atomic mass is 9.88. The number of benzene rings is 1. The molecule has 0 aliphatic carbocycles. The quantitative estimate of drug-likeness (QED) is 0.212. The maximum absolute atomic E-state index is 11.6. The molecule has 2 aromatic rings. The summed E-state index contributed by atoms with van der Waals surface area (Å²) in [6.45, 7) is 0.315. The molecule has 0 radical (unpaired) electrons. The highest BCUT2D eigenvalue weighted by Gasteiger charge is 2.55. The zero-order chi connectivity index (χ0) is 23.8. The van der Waals surface area contributed by atoms with Gasteiger partial charge in [0.15, 0.2) is 0 Å². The fraction of sp³-hybridized carbons (Fsp3) is 0.526. The summed E-state index contributed by atoms with van der Waals surface area (Å²) in [7, 11) is 0. The molecule has 178 valence electrons. The minimum atomic E-state index is -2.33. The first-order valence-electron chi connectivity index (χ1n) is 9.61. The van der Waals surface area contributed by atoms with Gasteiger partial charge in [-0.2, -0.15) is 0 Å². The molecule has 13 heteroatoms. The van der Waals surface area contributed by atoms with Gasteiger partial charge in [0, 0.05) is 24.0 Å². The lowest BCUT2D eigenvalue weighted by Crippen LogP contribution is -2.69. The monoisotopic (exact) mass is 538 g/mol. The number of rotatable bonds is 7. The average Bonchev–Trinajstić information content (AvgIpc) is 3.14. The Kier molecular flexibility index (Phi) is 7.70. The Bertz CT molecular complexity index is 974. The minimum absolute atomic E-state index is 0.0560. The van der Waals surface area contributed by atoms with Crippen molar-refractivity contribution in [2.75, 3.05) is 6.61 Å². The van der Waals surface area contributed by atoms with E-state index in [0.717, 1.165) is 0 Å². The highest BCUT2D eigenvalue weighted by Crippen LogP contribution is 2.42. The van der Waals surface area contributed by atoms with Crippen molar-refractivity contribution in [3.63, 3.8) is 0 Å². The van der Waals surface area contributed by atoms with Crippen LogP contribution in [0.2, 0.25) is 5.02 Å². The van der Waals surface area contributed by atoms with E-state index in [1.54, 1.807) is 12.1 Å². The Morgan fingerprint density at radius 2 is 2.09 bits per heavy atom. The summed E-state index contributed by atoms with van der Waals surface area (Å²) in [5.74, 6) is -2.84. The van der Waals surface area contributed by atoms with Crippen LogP contribution in [-0.2, 0) is 9.53 Å². The van der Waals surface area contributed by atoms with Crippen LogP contribution in [0.5, 0.6) is 5.75 Å². The smallest absolute Gasteiger partial charge is 0.264 e. The zero-order valence-electron chi connectivity index (χ0n) is 16.8. The molecule has 8 N–H and O–H groups in total. The predicted octanol–water partition coefficient (Wildman–Crippen LogP) is -0.662. The van der Waals surface area contributed by atoms with E-state index < -0.39 is 61.5 Å². The van der Waals surface area contributed by atoms with E-state index in [-0.39, 0.29) is 10.8 Å². The summed E-state index contributed by atoms with van der Waals surface area (Å²) in [4.78, 5) is 14.5. The summed E-state index contributed by atoms with van der Waals surface area (Å²) in [6.07, 6.45) is -8.08. The van der Waals surface area contributed by atoms with Gasteiger partial charge in [0.05, 0.1) is 34.7 Å². The molecule has 0 bridgehead atoms. The second-order valence-electron chi connectivity index (χ2n) is 7.55. The van der Waals surface area contributed by atoms with Crippen molar-refractivity contribution >= 4 is 44.3 Å². The molecule has 1 aromatic heterocycles. The number of aliphatic hydroxyl groups is 6. The van der Waals surface area contributed by atoms with Crippen molar-refractivity contribution in [2.24, 2.45) is 0 Å². The van der Waals surface area contributed by atoms with E-state index in [4.69, 9.17) is 21.1 Å². The van der Waals surface area contributed by atoms with Gasteiger partial charge in [-0.05, 0) is 28.1 Å². The number of carbonyl (C=O) groups is 1. The number of fused-ring (bicyclic) bond motifs is 1. The maximum Gasteiger partial charge on any atom is 0.264 e. The Balaban J connectivity index is 2.04. The van der Waals surface area contributed by atoms with Gasteiger partial charge in [-0.3, -0.25) is 4.79 Å². The van der Waals surface area contributed by atoms with E-state index in [2.05, 4.69) is 26.2 Å². The molecule has 1 aromatic carbocycles. The largest absolute Gasteiger partial charge is 0.454 e. The number of hydrogen-bond acceptors (Lipinski definition) is 9. The highest BCUT2D eigenvalue weighted by atomic mass is 79.9. The molecule has 1 fully saturated rings. The van der Waals surface area contributed by atoms with E-state index in [0.29, 0.717) is 15.4 Å². The second-order valence-corrected chi connectivity index (χ2v) is 8.78. The summed E-state index contributed by atoms with van der Waals surface area (Å²) in [5.41, 5.74) is 0.565. The number of aromatic nitrogens is 1. The van der Waals surface area contributed by atoms with Crippen LogP contribution < -0.4 is 10.1 Å². The van der Waals surface area contributed by atoms with E-state index >= 15 is 0 Å². The molecular formula is C19H24BrClN2O9. The molecule has 1 aliphatic rings. The van der Waals surface area contributed by atoms with Crippen LogP contribution in [0.25, 0.3) is 10.9 Å². The first-order chi connectivity index (χ1) is 15.0. The molecule has 1 saturated heterocycles. The SMILES string of the molecule is CC(=O)NC1C(O)CC(Oc2c[nH]c3ccc(Br)c(Cl)c23)(C(O)O)OC1[C@H](O)[C@H](O)CO. The minimum Gasteiger partial charge on any atom is -0.454 e. The van der Waals surface area contributed by atoms with Crippen molar-refractivity contribution < 1.29 is 44.9 Å². The third kappa shape index (κ3) is 4.74. The van der Waals surface area contributed by atoms with E-state index in [1.807, 2.05) is 0 Å². The van der Waals surface area contributed by atoms with Crippen LogP contribution in [0.3, 0.4) is 0 Å². The summed E-state index contributed by atoms with van der Waals surface area (Å²) in [6, 6.07) is 2.15. The molecule has 4 unspecified atom stereocenters. The molecule has 32 heavy (non-hydrogen) atoms. The van der Waals surface area contributed by atoms with Gasteiger partial charge in [-0.25, -0.2) is 0 Å². The van der Waals surface area contributed by atoms with Crippen LogP contribution in [-0.4, -0.2) is 90.7 Å². The van der Waals surface area contributed by atoms with E-state index in [1.165, 1.54) is 13.1 Å². The normalized spacial score (nSPS) is 28.0. The number of aliphatic hydroxyl groups excluding tert-OH is 5. The zero-order valence-corrected chi connectivity index (χ0v) is 19.1. The summed E-state index contributed by atoms with van der Waals surface area (Å²) >= 11 is 9.65. The van der Waals surface area contributed by atoms with Gasteiger partial charge in [0.2, 0.25) is 12.2 Å². The van der Waals surface area contributed by atoms with Crippen LogP contribution in [0.4, 0.5) is 0 Å². The number of hydrogen-bond donors (Lipinski definition) is 8. The van der Waals surface area contributed by atoms with Gasteiger partial charge in [0.25, 0.3) is 5.79 Å². The third-order valence-corrected chi connectivity index (χ3v) is 6.54. The molecule has 0 saturated carbocycles. The highest BCUT2D eigenvalue weighted by molar-refractivity contribution is 9.10. The Morgan fingerprint density at radius 3 is 2.69 bits per heavy atom. The number of amides is 1. The van der Waals surface area contributed by atoms with Crippen LogP contribution >= 0.6 is 27.5 Å². The standard InChI is InChI=1S/C19H24BrClN2O9/c1-7(25)23-15-10(26)4-19(18(29)30,32-17(15)16(28)11(27)6-24)31-12-5-22-9-3-2-8(20)14(21)13(9)12/h2-3,5,10-11,15-18,22,24,26-30H,4,6H2,1H3,(H,23,25)/t10?,11-,15?,16-,17?,19?/m1/s1. The molecule has 6 atom stereocenters. The topological polar surface area (TPSA) is 185 Å². The van der Waals surface area contributed by atoms with Crippen molar-refractivity contribution in [1.82, 2.24) is 10.3 Å². The molecule has 2 heterocycles. The van der Waals surface area contributed by atoms with E-state index in [9.17, 15) is 35.4 Å². The van der Waals surface area contributed by atoms with Gasteiger partial charge in [-0.1, -0.05) is 11.6 Å². The molecule has 11 nitrogen and oxygen atoms in total. The lowest BCUT2D eigenvalue weighted by molar-refractivity contribution is -0.355. The fourth-order valence-electron chi connectivity index (χ4n) is 3.69. The molecule has 3 rings (SSSR count). The second kappa shape index (κ2) is 9.79. The molecule has 0 spiro atoms. The number of H-pyrrole nitrogens is 1. The first kappa shape index (κ1) is 25.1. The molecular weight excluding hydrogens is 516 g/mol. The lowest BCUT2D eigenvalue weighted by Gasteiger charge is -2.48. The van der Waals surface area contributed by atoms with Crippen LogP contribution in [0, 0.1) is 0 Å². The van der Waals surface area contributed by atoms with Crippen LogP contribution in [0.1, 0.15) is 13.3 Å². The van der Waals surface area contributed by atoms with Crippen molar-refractivity contribution in [1.29, 1.82) is 0 Å². The van der Waals surface area contributed by atoms with Gasteiger partial charge >= 0.3 is 0 Å². The summed E-state index contributed by atoms with van der Waals surface area (Å²) < 4.78 is 12.1. The summed E-state index contributed by atoms with van der Waals surface area (Å²) in [5, 5.41) is 63.7. The number of halogens is 2. The molecule has 1 aliphatic heterocycles.